The van der Waals surface area contributed by atoms with E-state index in [0.29, 0.717) is 0 Å². The normalized spacial score (nSPS) is 16.6. The van der Waals surface area contributed by atoms with Gasteiger partial charge < -0.3 is 15.1 Å². The van der Waals surface area contributed by atoms with Gasteiger partial charge in [-0.3, -0.25) is 0 Å². The molecule has 6 rings (SSSR count). The maximum Gasteiger partial charge on any atom is 0.0697 e. The van der Waals surface area contributed by atoms with Crippen LogP contribution >= 0.6 is 0 Å². The fourth-order valence-electron chi connectivity index (χ4n) is 4.82. The summed E-state index contributed by atoms with van der Waals surface area (Å²) < 4.78 is 0. The highest BCUT2D eigenvalue weighted by Crippen LogP contribution is 2.44. The highest BCUT2D eigenvalue weighted by atomic mass is 15.2. The summed E-state index contributed by atoms with van der Waals surface area (Å²) in [4.78, 5) is 4.79. The van der Waals surface area contributed by atoms with Gasteiger partial charge in [0.25, 0.3) is 0 Å². The van der Waals surface area contributed by atoms with Crippen LogP contribution < -0.4 is 15.1 Å². The molecule has 1 unspecified atom stereocenters. The molecule has 160 valence electrons. The van der Waals surface area contributed by atoms with Gasteiger partial charge in [0.2, 0.25) is 0 Å². The SMILES string of the molecule is C1=CC(N(c2ccccc2)c2ccccc2)CC2=C1N(c1ccccc1)c1ccccc1N2. The molecule has 4 aromatic rings. The van der Waals surface area contributed by atoms with Gasteiger partial charge in [-0.2, -0.15) is 0 Å². The molecule has 33 heavy (non-hydrogen) atoms. The molecule has 0 fully saturated rings. The van der Waals surface area contributed by atoms with Crippen molar-refractivity contribution >= 4 is 28.4 Å². The standard InChI is InChI=1S/C30H25N3/c1-4-12-23(13-5-1)32(24-14-6-2-7-15-24)26-20-21-30-28(22-26)31-27-18-10-11-19-29(27)33(30)25-16-8-3-9-17-25/h1-21,26,31H,22H2. The van der Waals surface area contributed by atoms with Crippen LogP contribution in [0.5, 0.6) is 0 Å². The molecule has 3 nitrogen and oxygen atoms in total. The Balaban J connectivity index is 1.42. The van der Waals surface area contributed by atoms with E-state index in [4.69, 9.17) is 0 Å². The van der Waals surface area contributed by atoms with Gasteiger partial charge in [-0.15, -0.1) is 0 Å². The molecular weight excluding hydrogens is 402 g/mol. The van der Waals surface area contributed by atoms with Crippen LogP contribution in [-0.4, -0.2) is 6.04 Å². The van der Waals surface area contributed by atoms with Gasteiger partial charge >= 0.3 is 0 Å². The summed E-state index contributed by atoms with van der Waals surface area (Å²) in [6.07, 6.45) is 5.50. The van der Waals surface area contributed by atoms with Crippen LogP contribution in [0.25, 0.3) is 0 Å². The number of allylic oxidation sites excluding steroid dienone is 1. The predicted molar refractivity (Wildman–Crippen MR) is 138 cm³/mol. The topological polar surface area (TPSA) is 18.5 Å². The van der Waals surface area contributed by atoms with Crippen molar-refractivity contribution in [2.75, 3.05) is 15.1 Å². The van der Waals surface area contributed by atoms with Crippen LogP contribution in [0.1, 0.15) is 6.42 Å². The first kappa shape index (κ1) is 19.4. The molecule has 0 aromatic heterocycles. The molecule has 0 amide bonds. The second kappa shape index (κ2) is 8.36. The second-order valence-electron chi connectivity index (χ2n) is 8.35. The lowest BCUT2D eigenvalue weighted by Crippen LogP contribution is -2.36. The Morgan fingerprint density at radius 3 is 1.91 bits per heavy atom. The second-order valence-corrected chi connectivity index (χ2v) is 8.35. The molecule has 0 saturated heterocycles. The lowest BCUT2D eigenvalue weighted by molar-refractivity contribution is 0.746. The molecule has 2 aliphatic rings. The van der Waals surface area contributed by atoms with Gasteiger partial charge in [-0.05, 0) is 54.6 Å². The van der Waals surface area contributed by atoms with E-state index in [-0.39, 0.29) is 6.04 Å². The van der Waals surface area contributed by atoms with E-state index < -0.39 is 0 Å². The molecule has 1 N–H and O–H groups in total. The quantitative estimate of drug-likeness (QED) is 0.361. The minimum Gasteiger partial charge on any atom is -0.355 e. The minimum atomic E-state index is 0.198. The molecule has 3 heteroatoms. The Bertz CT molecular complexity index is 1270. The van der Waals surface area contributed by atoms with Gasteiger partial charge in [0, 0.05) is 29.2 Å². The number of fused-ring (bicyclic) bond motifs is 1. The van der Waals surface area contributed by atoms with E-state index in [2.05, 4.69) is 143 Å². The van der Waals surface area contributed by atoms with E-state index in [1.165, 1.54) is 34.1 Å². The molecule has 1 aliphatic carbocycles. The third kappa shape index (κ3) is 3.58. The Morgan fingerprint density at radius 1 is 0.667 bits per heavy atom. The Labute approximate surface area is 194 Å². The first-order chi connectivity index (χ1) is 16.4. The third-order valence-corrected chi connectivity index (χ3v) is 6.28. The summed E-state index contributed by atoms with van der Waals surface area (Å²) in [6, 6.07) is 40.7. The maximum absolute atomic E-state index is 3.75. The summed E-state index contributed by atoms with van der Waals surface area (Å²) >= 11 is 0. The lowest BCUT2D eigenvalue weighted by Gasteiger charge is -2.40. The van der Waals surface area contributed by atoms with Gasteiger partial charge in [0.15, 0.2) is 0 Å². The summed E-state index contributed by atoms with van der Waals surface area (Å²) in [7, 11) is 0. The number of para-hydroxylation sites is 5. The van der Waals surface area contributed by atoms with Crippen molar-refractivity contribution in [2.24, 2.45) is 0 Å². The number of benzene rings is 4. The van der Waals surface area contributed by atoms with Crippen molar-refractivity contribution in [3.8, 4) is 0 Å². The highest BCUT2D eigenvalue weighted by molar-refractivity contribution is 5.85. The van der Waals surface area contributed by atoms with Crippen molar-refractivity contribution < 1.29 is 0 Å². The van der Waals surface area contributed by atoms with Crippen LogP contribution in [0.4, 0.5) is 28.4 Å². The average molecular weight is 428 g/mol. The van der Waals surface area contributed by atoms with Crippen molar-refractivity contribution in [1.29, 1.82) is 0 Å². The zero-order valence-electron chi connectivity index (χ0n) is 18.3. The number of rotatable bonds is 4. The molecular formula is C30H25N3. The maximum atomic E-state index is 3.75. The molecule has 0 bridgehead atoms. The largest absolute Gasteiger partial charge is 0.355 e. The Kier molecular flexibility index (Phi) is 4.93. The zero-order chi connectivity index (χ0) is 22.0. The minimum absolute atomic E-state index is 0.198. The van der Waals surface area contributed by atoms with Crippen molar-refractivity contribution in [3.63, 3.8) is 0 Å². The van der Waals surface area contributed by atoms with Gasteiger partial charge in [-0.1, -0.05) is 72.8 Å². The van der Waals surface area contributed by atoms with Crippen molar-refractivity contribution in [3.05, 3.63) is 139 Å². The molecule has 1 atom stereocenters. The first-order valence-corrected chi connectivity index (χ1v) is 11.4. The van der Waals surface area contributed by atoms with Crippen LogP contribution in [0.2, 0.25) is 0 Å². The average Bonchev–Trinajstić information content (AvgIpc) is 2.89. The Morgan fingerprint density at radius 2 is 1.24 bits per heavy atom. The summed E-state index contributed by atoms with van der Waals surface area (Å²) in [6.45, 7) is 0. The smallest absolute Gasteiger partial charge is 0.0697 e. The molecule has 4 aromatic carbocycles. The molecule has 0 spiro atoms. The summed E-state index contributed by atoms with van der Waals surface area (Å²) in [5, 5.41) is 3.75. The monoisotopic (exact) mass is 427 g/mol. The van der Waals surface area contributed by atoms with E-state index in [1.54, 1.807) is 0 Å². The zero-order valence-corrected chi connectivity index (χ0v) is 18.3. The van der Waals surface area contributed by atoms with E-state index in [0.717, 1.165) is 12.1 Å². The van der Waals surface area contributed by atoms with Crippen molar-refractivity contribution in [2.45, 2.75) is 12.5 Å². The third-order valence-electron chi connectivity index (χ3n) is 6.28. The molecule has 1 aliphatic heterocycles. The van der Waals surface area contributed by atoms with E-state index in [1.807, 2.05) is 0 Å². The number of hydrogen-bond donors (Lipinski definition) is 1. The summed E-state index contributed by atoms with van der Waals surface area (Å²) in [5.41, 5.74) is 8.31. The summed E-state index contributed by atoms with van der Waals surface area (Å²) in [5.74, 6) is 0. The van der Waals surface area contributed by atoms with E-state index in [9.17, 15) is 0 Å². The Hall–Kier alpha value is -4.24. The number of nitrogens with zero attached hydrogens (tertiary/aromatic N) is 2. The highest BCUT2D eigenvalue weighted by Gasteiger charge is 2.31. The number of nitrogens with one attached hydrogen (secondary N) is 1. The first-order valence-electron chi connectivity index (χ1n) is 11.4. The van der Waals surface area contributed by atoms with Crippen LogP contribution in [0, 0.1) is 0 Å². The van der Waals surface area contributed by atoms with Gasteiger partial charge in [0.1, 0.15) is 0 Å². The van der Waals surface area contributed by atoms with Gasteiger partial charge in [0.05, 0.1) is 23.1 Å². The van der Waals surface area contributed by atoms with E-state index >= 15 is 0 Å². The van der Waals surface area contributed by atoms with Crippen LogP contribution in [0.3, 0.4) is 0 Å². The fraction of sp³-hybridized carbons (Fsp3) is 0.0667. The molecule has 0 radical (unpaired) electrons. The van der Waals surface area contributed by atoms with Crippen LogP contribution in [-0.2, 0) is 0 Å². The number of hydrogen-bond acceptors (Lipinski definition) is 3. The van der Waals surface area contributed by atoms with Crippen molar-refractivity contribution in [1.82, 2.24) is 0 Å². The van der Waals surface area contributed by atoms with Gasteiger partial charge in [-0.25, -0.2) is 0 Å². The predicted octanol–water partition coefficient (Wildman–Crippen LogP) is 7.63. The lowest BCUT2D eigenvalue weighted by atomic mass is 9.96. The number of anilines is 5. The molecule has 1 heterocycles. The fourth-order valence-corrected chi connectivity index (χ4v) is 4.82. The molecule has 0 saturated carbocycles. The van der Waals surface area contributed by atoms with Crippen LogP contribution in [0.15, 0.2) is 139 Å².